The van der Waals surface area contributed by atoms with Crippen LogP contribution in [0, 0.1) is 18.8 Å². The summed E-state index contributed by atoms with van der Waals surface area (Å²) in [5.41, 5.74) is 7.86. The van der Waals surface area contributed by atoms with Crippen LogP contribution < -0.4 is 11.1 Å². The number of hydrogen-bond donors (Lipinski definition) is 2. The molecule has 1 fully saturated rings. The van der Waals surface area contributed by atoms with Crippen molar-refractivity contribution >= 4 is 11.5 Å². The highest BCUT2D eigenvalue weighted by atomic mass is 15.3. The lowest BCUT2D eigenvalue weighted by Crippen LogP contribution is -2.26. The first-order valence-corrected chi connectivity index (χ1v) is 7.17. The van der Waals surface area contributed by atoms with E-state index in [9.17, 15) is 0 Å². The topological polar surface area (TPSA) is 55.9 Å². The molecule has 1 aromatic heterocycles. The molecule has 1 heterocycles. The number of aromatic nitrogens is 2. The Morgan fingerprint density at radius 1 is 1.39 bits per heavy atom. The summed E-state index contributed by atoms with van der Waals surface area (Å²) in [4.78, 5) is 0. The van der Waals surface area contributed by atoms with E-state index in [4.69, 9.17) is 5.73 Å². The van der Waals surface area contributed by atoms with Crippen LogP contribution in [0.2, 0.25) is 0 Å². The lowest BCUT2D eigenvalue weighted by Gasteiger charge is -2.22. The molecule has 4 heteroatoms. The van der Waals surface area contributed by atoms with E-state index in [0.717, 1.165) is 35.6 Å². The van der Waals surface area contributed by atoms with Crippen LogP contribution in [-0.2, 0) is 6.54 Å². The largest absolute Gasteiger partial charge is 0.394 e. The Balaban J connectivity index is 2.15. The summed E-state index contributed by atoms with van der Waals surface area (Å²) in [6, 6.07) is 0.540. The molecule has 1 aliphatic carbocycles. The van der Waals surface area contributed by atoms with Gasteiger partial charge in [-0.15, -0.1) is 0 Å². The molecule has 3 atom stereocenters. The highest BCUT2D eigenvalue weighted by Gasteiger charge is 2.32. The molecule has 0 amide bonds. The maximum absolute atomic E-state index is 6.12. The number of hydrogen-bond acceptors (Lipinski definition) is 3. The molecule has 1 aliphatic rings. The lowest BCUT2D eigenvalue weighted by atomic mass is 9.93. The molecular weight excluding hydrogens is 224 g/mol. The number of anilines is 2. The minimum atomic E-state index is 0.540. The third kappa shape index (κ3) is 2.20. The fourth-order valence-corrected chi connectivity index (χ4v) is 3.18. The van der Waals surface area contributed by atoms with Gasteiger partial charge in [-0.2, -0.15) is 5.10 Å². The van der Waals surface area contributed by atoms with Crippen molar-refractivity contribution in [2.45, 2.75) is 59.5 Å². The van der Waals surface area contributed by atoms with Gasteiger partial charge in [0.15, 0.2) is 0 Å². The molecule has 0 radical (unpaired) electrons. The van der Waals surface area contributed by atoms with Crippen molar-refractivity contribution in [2.75, 3.05) is 11.1 Å². The quantitative estimate of drug-likeness (QED) is 0.863. The van der Waals surface area contributed by atoms with Gasteiger partial charge in [0.1, 0.15) is 5.82 Å². The van der Waals surface area contributed by atoms with Crippen molar-refractivity contribution in [1.29, 1.82) is 0 Å². The van der Waals surface area contributed by atoms with E-state index >= 15 is 0 Å². The van der Waals surface area contributed by atoms with E-state index in [-0.39, 0.29) is 0 Å². The minimum Gasteiger partial charge on any atom is -0.394 e. The predicted molar refractivity (Wildman–Crippen MR) is 76.6 cm³/mol. The Labute approximate surface area is 110 Å². The van der Waals surface area contributed by atoms with Crippen LogP contribution in [0.3, 0.4) is 0 Å². The number of nitrogens with two attached hydrogens (primary N) is 1. The monoisotopic (exact) mass is 250 g/mol. The van der Waals surface area contributed by atoms with Crippen LogP contribution in [0.4, 0.5) is 11.5 Å². The van der Waals surface area contributed by atoms with Crippen molar-refractivity contribution < 1.29 is 0 Å². The molecule has 1 saturated carbocycles. The van der Waals surface area contributed by atoms with Gasteiger partial charge in [-0.3, -0.25) is 0 Å². The summed E-state index contributed by atoms with van der Waals surface area (Å²) in [5, 5.41) is 8.10. The second-order valence-corrected chi connectivity index (χ2v) is 5.52. The first-order chi connectivity index (χ1) is 8.58. The second-order valence-electron chi connectivity index (χ2n) is 5.52. The van der Waals surface area contributed by atoms with Crippen LogP contribution in [0.5, 0.6) is 0 Å². The number of aryl methyl sites for hydroxylation is 2. The summed E-state index contributed by atoms with van der Waals surface area (Å²) >= 11 is 0. The molecule has 1 aromatic rings. The highest BCUT2D eigenvalue weighted by Crippen LogP contribution is 2.36. The van der Waals surface area contributed by atoms with Gasteiger partial charge < -0.3 is 11.1 Å². The van der Waals surface area contributed by atoms with E-state index < -0.39 is 0 Å². The van der Waals surface area contributed by atoms with Crippen molar-refractivity contribution in [2.24, 2.45) is 11.8 Å². The normalized spacial score (nSPS) is 27.7. The van der Waals surface area contributed by atoms with Crippen molar-refractivity contribution in [3.05, 3.63) is 5.69 Å². The van der Waals surface area contributed by atoms with E-state index in [0.29, 0.717) is 6.04 Å². The summed E-state index contributed by atoms with van der Waals surface area (Å²) in [6.45, 7) is 9.58. The van der Waals surface area contributed by atoms with Gasteiger partial charge >= 0.3 is 0 Å². The summed E-state index contributed by atoms with van der Waals surface area (Å²) in [7, 11) is 0. The Morgan fingerprint density at radius 2 is 2.11 bits per heavy atom. The maximum atomic E-state index is 6.12. The van der Waals surface area contributed by atoms with Gasteiger partial charge in [-0.1, -0.05) is 20.3 Å². The summed E-state index contributed by atoms with van der Waals surface area (Å²) in [6.07, 6.45) is 3.85. The van der Waals surface area contributed by atoms with Gasteiger partial charge in [0.2, 0.25) is 0 Å². The fourth-order valence-electron chi connectivity index (χ4n) is 3.18. The van der Waals surface area contributed by atoms with Crippen LogP contribution in [0.15, 0.2) is 0 Å². The van der Waals surface area contributed by atoms with Crippen LogP contribution >= 0.6 is 0 Å². The number of nitrogen functional groups attached to an aromatic ring is 1. The standard InChI is InChI=1S/C14H26N4/c1-5-11-7-8-12(9(11)3)16-14-13(15)10(4)17-18(14)6-2/h9,11-12,16H,5-8,15H2,1-4H3. The molecule has 18 heavy (non-hydrogen) atoms. The molecule has 0 saturated heterocycles. The Bertz CT molecular complexity index is 410. The van der Waals surface area contributed by atoms with Crippen LogP contribution in [0.1, 0.15) is 45.7 Å². The third-order valence-corrected chi connectivity index (χ3v) is 4.55. The average Bonchev–Trinajstić information content (AvgIpc) is 2.85. The van der Waals surface area contributed by atoms with Gasteiger partial charge in [-0.25, -0.2) is 4.68 Å². The fraction of sp³-hybridized carbons (Fsp3) is 0.786. The summed E-state index contributed by atoms with van der Waals surface area (Å²) in [5.74, 6) is 2.58. The van der Waals surface area contributed by atoms with E-state index in [1.807, 2.05) is 11.6 Å². The van der Waals surface area contributed by atoms with E-state index in [2.05, 4.69) is 31.2 Å². The second kappa shape index (κ2) is 5.21. The molecule has 102 valence electrons. The Hall–Kier alpha value is -1.19. The zero-order valence-electron chi connectivity index (χ0n) is 12.0. The van der Waals surface area contributed by atoms with E-state index in [1.54, 1.807) is 0 Å². The van der Waals surface area contributed by atoms with Gasteiger partial charge in [0.05, 0.1) is 11.4 Å². The molecular formula is C14H26N4. The van der Waals surface area contributed by atoms with Gasteiger partial charge in [-0.05, 0) is 38.5 Å². The molecule has 0 aliphatic heterocycles. The molecule has 2 rings (SSSR count). The van der Waals surface area contributed by atoms with Gasteiger partial charge in [0.25, 0.3) is 0 Å². The smallest absolute Gasteiger partial charge is 0.148 e. The predicted octanol–water partition coefficient (Wildman–Crippen LogP) is 3.03. The Kier molecular flexibility index (Phi) is 3.83. The van der Waals surface area contributed by atoms with Crippen LogP contribution in [-0.4, -0.2) is 15.8 Å². The number of rotatable bonds is 4. The van der Waals surface area contributed by atoms with Crippen molar-refractivity contribution in [1.82, 2.24) is 9.78 Å². The van der Waals surface area contributed by atoms with E-state index in [1.165, 1.54) is 19.3 Å². The molecule has 3 N–H and O–H groups in total. The van der Waals surface area contributed by atoms with Gasteiger partial charge in [0, 0.05) is 12.6 Å². The summed E-state index contributed by atoms with van der Waals surface area (Å²) < 4.78 is 1.98. The van der Waals surface area contributed by atoms with Crippen LogP contribution in [0.25, 0.3) is 0 Å². The number of nitrogens with zero attached hydrogens (tertiary/aromatic N) is 2. The average molecular weight is 250 g/mol. The Morgan fingerprint density at radius 3 is 2.67 bits per heavy atom. The van der Waals surface area contributed by atoms with Crippen molar-refractivity contribution in [3.8, 4) is 0 Å². The zero-order chi connectivity index (χ0) is 13.3. The first-order valence-electron chi connectivity index (χ1n) is 7.17. The minimum absolute atomic E-state index is 0.540. The molecule has 4 nitrogen and oxygen atoms in total. The third-order valence-electron chi connectivity index (χ3n) is 4.55. The highest BCUT2D eigenvalue weighted by molar-refractivity contribution is 5.65. The maximum Gasteiger partial charge on any atom is 0.148 e. The SMILES string of the molecule is CCC1CCC(Nc2c(N)c(C)nn2CC)C1C. The molecule has 0 spiro atoms. The number of nitrogens with one attached hydrogen (secondary N) is 1. The first kappa shape index (κ1) is 13.2. The molecule has 3 unspecified atom stereocenters. The van der Waals surface area contributed by atoms with Crippen molar-refractivity contribution in [3.63, 3.8) is 0 Å². The lowest BCUT2D eigenvalue weighted by molar-refractivity contribution is 0.391. The molecule has 0 bridgehead atoms. The molecule has 0 aromatic carbocycles. The zero-order valence-corrected chi connectivity index (χ0v) is 12.0.